The third kappa shape index (κ3) is 12.9. The summed E-state index contributed by atoms with van der Waals surface area (Å²) >= 11 is 0. The van der Waals surface area contributed by atoms with Crippen LogP contribution < -0.4 is 27.0 Å². The summed E-state index contributed by atoms with van der Waals surface area (Å²) in [4.78, 5) is 53.5. The molecule has 2 unspecified atom stereocenters. The molecule has 1 aromatic heterocycles. The van der Waals surface area contributed by atoms with Crippen molar-refractivity contribution < 1.29 is 19.2 Å². The fraction of sp³-hybridized carbons (Fsp3) is 0.640. The van der Waals surface area contributed by atoms with Crippen LogP contribution >= 0.6 is 0 Å². The van der Waals surface area contributed by atoms with Gasteiger partial charge in [0.2, 0.25) is 23.6 Å². The van der Waals surface area contributed by atoms with Crippen molar-refractivity contribution in [3.8, 4) is 0 Å². The van der Waals surface area contributed by atoms with E-state index in [-0.39, 0.29) is 42.8 Å². The minimum atomic E-state index is -0.756. The summed E-state index contributed by atoms with van der Waals surface area (Å²) in [7, 11) is 0. The maximum atomic E-state index is 12.6. The van der Waals surface area contributed by atoms with Crippen LogP contribution in [0, 0.1) is 17.8 Å². The number of pyridine rings is 1. The number of carbonyl (C=O) groups is 4. The van der Waals surface area contributed by atoms with Crippen LogP contribution in [-0.2, 0) is 25.7 Å². The van der Waals surface area contributed by atoms with Gasteiger partial charge >= 0.3 is 0 Å². The van der Waals surface area contributed by atoms with Gasteiger partial charge in [0.05, 0.1) is 25.3 Å². The molecule has 10 nitrogen and oxygen atoms in total. The van der Waals surface area contributed by atoms with Crippen LogP contribution in [0.1, 0.15) is 59.6 Å². The van der Waals surface area contributed by atoms with E-state index < -0.39 is 17.9 Å². The van der Waals surface area contributed by atoms with E-state index in [0.717, 1.165) is 5.69 Å². The number of nitrogens with two attached hydrogens (primary N) is 1. The highest BCUT2D eigenvalue weighted by atomic mass is 16.2. The Kier molecular flexibility index (Phi) is 13.6. The molecule has 0 bridgehead atoms. The predicted octanol–water partition coefficient (Wildman–Crippen LogP) is 0.861. The zero-order valence-corrected chi connectivity index (χ0v) is 21.6. The van der Waals surface area contributed by atoms with Crippen molar-refractivity contribution in [3.63, 3.8) is 0 Å². The summed E-state index contributed by atoms with van der Waals surface area (Å²) in [6, 6.07) is 4.54. The topological polar surface area (TPSA) is 155 Å². The van der Waals surface area contributed by atoms with Gasteiger partial charge in [-0.3, -0.25) is 24.2 Å². The minimum absolute atomic E-state index is 0.112. The molecule has 6 N–H and O–H groups in total. The summed E-state index contributed by atoms with van der Waals surface area (Å²) < 4.78 is 0. The Morgan fingerprint density at radius 2 is 1.54 bits per heavy atom. The van der Waals surface area contributed by atoms with Gasteiger partial charge in [-0.15, -0.1) is 0 Å². The van der Waals surface area contributed by atoms with Gasteiger partial charge in [-0.25, -0.2) is 0 Å². The molecule has 4 amide bonds. The first-order chi connectivity index (χ1) is 16.5. The fourth-order valence-corrected chi connectivity index (χ4v) is 3.70. The summed E-state index contributed by atoms with van der Waals surface area (Å²) in [5, 5.41) is 11.0. The van der Waals surface area contributed by atoms with Crippen molar-refractivity contribution in [2.24, 2.45) is 23.5 Å². The molecule has 3 atom stereocenters. The van der Waals surface area contributed by atoms with Gasteiger partial charge in [0, 0.05) is 18.2 Å². The second kappa shape index (κ2) is 15.8. The molecule has 0 saturated heterocycles. The molecule has 0 aliphatic heterocycles. The molecule has 0 aromatic carbocycles. The van der Waals surface area contributed by atoms with Crippen molar-refractivity contribution in [1.29, 1.82) is 0 Å². The molecule has 0 saturated carbocycles. The van der Waals surface area contributed by atoms with Crippen molar-refractivity contribution in [2.75, 3.05) is 13.1 Å². The average Bonchev–Trinajstić information content (AvgIpc) is 2.80. The van der Waals surface area contributed by atoms with E-state index in [9.17, 15) is 19.2 Å². The number of hydrogen-bond donors (Lipinski definition) is 5. The molecule has 10 heteroatoms. The van der Waals surface area contributed by atoms with Gasteiger partial charge in [-0.05, 0) is 43.2 Å². The highest BCUT2D eigenvalue weighted by molar-refractivity contribution is 5.91. The van der Waals surface area contributed by atoms with Crippen LogP contribution in [0.2, 0.25) is 0 Å². The lowest BCUT2D eigenvalue weighted by Gasteiger charge is -2.24. The van der Waals surface area contributed by atoms with Crippen LogP contribution in [-0.4, -0.2) is 53.8 Å². The summed E-state index contributed by atoms with van der Waals surface area (Å²) in [6.07, 6.45) is 3.27. The fourth-order valence-electron chi connectivity index (χ4n) is 3.70. The lowest BCUT2D eigenvalue weighted by atomic mass is 9.94. The van der Waals surface area contributed by atoms with E-state index in [2.05, 4.69) is 26.3 Å². The Bertz CT molecular complexity index is 815. The molecule has 0 fully saturated rings. The van der Waals surface area contributed by atoms with E-state index in [1.165, 1.54) is 0 Å². The zero-order valence-electron chi connectivity index (χ0n) is 21.6. The number of aromatic nitrogens is 1. The minimum Gasteiger partial charge on any atom is -0.352 e. The van der Waals surface area contributed by atoms with Crippen LogP contribution in [0.4, 0.5) is 0 Å². The van der Waals surface area contributed by atoms with Gasteiger partial charge in [-0.2, -0.15) is 0 Å². The van der Waals surface area contributed by atoms with E-state index >= 15 is 0 Å². The zero-order chi connectivity index (χ0) is 26.4. The first-order valence-corrected chi connectivity index (χ1v) is 12.3. The van der Waals surface area contributed by atoms with Crippen LogP contribution in [0.25, 0.3) is 0 Å². The molecule has 0 aliphatic carbocycles. The van der Waals surface area contributed by atoms with Gasteiger partial charge in [0.15, 0.2) is 0 Å². The SMILES string of the molecule is CC(C)CC(NC(=O)CN)C(=O)NCC(=O)N[C@@H](CC(C)C)CC(C)C(=O)NCc1ccccn1. The first kappa shape index (κ1) is 30.0. The normalized spacial score (nSPS) is 13.6. The van der Waals surface area contributed by atoms with Gasteiger partial charge in [-0.1, -0.05) is 40.7 Å². The molecular formula is C25H42N6O4. The number of carbonyl (C=O) groups excluding carboxylic acids is 4. The van der Waals surface area contributed by atoms with Crippen molar-refractivity contribution in [3.05, 3.63) is 30.1 Å². The third-order valence-corrected chi connectivity index (χ3v) is 5.34. The smallest absolute Gasteiger partial charge is 0.243 e. The Morgan fingerprint density at radius 3 is 2.11 bits per heavy atom. The molecule has 1 heterocycles. The van der Waals surface area contributed by atoms with Crippen molar-refractivity contribution >= 4 is 23.6 Å². The van der Waals surface area contributed by atoms with E-state index in [4.69, 9.17) is 5.73 Å². The quantitative estimate of drug-likeness (QED) is 0.246. The third-order valence-electron chi connectivity index (χ3n) is 5.34. The molecule has 1 rings (SSSR count). The maximum absolute atomic E-state index is 12.6. The Hall–Kier alpha value is -3.01. The summed E-state index contributed by atoms with van der Waals surface area (Å²) in [6.45, 7) is 9.69. The van der Waals surface area contributed by atoms with Crippen molar-refractivity contribution in [2.45, 2.75) is 72.5 Å². The lowest BCUT2D eigenvalue weighted by molar-refractivity contribution is -0.130. The van der Waals surface area contributed by atoms with E-state index in [1.54, 1.807) is 6.20 Å². The standard InChI is InChI=1S/C25H42N6O4/c1-16(2)10-20(12-18(5)24(34)28-14-19-8-6-7-9-27-19)30-23(33)15-29-25(35)21(11-17(3)4)31-22(32)13-26/h6-9,16-18,20-21H,10-15,26H2,1-5H3,(H,28,34)(H,29,35)(H,30,33)(H,31,32)/t18?,20-,21?/m0/s1. The Morgan fingerprint density at radius 1 is 0.857 bits per heavy atom. The second-order valence-electron chi connectivity index (χ2n) is 9.74. The van der Waals surface area contributed by atoms with E-state index in [1.807, 2.05) is 52.8 Å². The molecule has 0 spiro atoms. The molecule has 196 valence electrons. The molecule has 0 radical (unpaired) electrons. The van der Waals surface area contributed by atoms with Gasteiger partial charge < -0.3 is 27.0 Å². The highest BCUT2D eigenvalue weighted by Crippen LogP contribution is 2.14. The van der Waals surface area contributed by atoms with Crippen LogP contribution in [0.3, 0.4) is 0 Å². The number of rotatable bonds is 15. The number of nitrogens with one attached hydrogen (secondary N) is 4. The largest absolute Gasteiger partial charge is 0.352 e. The van der Waals surface area contributed by atoms with Gasteiger partial charge in [0.25, 0.3) is 0 Å². The van der Waals surface area contributed by atoms with Crippen LogP contribution in [0.15, 0.2) is 24.4 Å². The number of hydrogen-bond acceptors (Lipinski definition) is 6. The highest BCUT2D eigenvalue weighted by Gasteiger charge is 2.24. The lowest BCUT2D eigenvalue weighted by Crippen LogP contribution is -2.51. The predicted molar refractivity (Wildman–Crippen MR) is 135 cm³/mol. The molecular weight excluding hydrogens is 448 g/mol. The van der Waals surface area contributed by atoms with E-state index in [0.29, 0.717) is 31.7 Å². The Labute approximate surface area is 208 Å². The summed E-state index contributed by atoms with van der Waals surface area (Å²) in [5.41, 5.74) is 6.11. The summed E-state index contributed by atoms with van der Waals surface area (Å²) in [5.74, 6) is -1.17. The van der Waals surface area contributed by atoms with Crippen LogP contribution in [0.5, 0.6) is 0 Å². The molecule has 1 aromatic rings. The first-order valence-electron chi connectivity index (χ1n) is 12.3. The maximum Gasteiger partial charge on any atom is 0.243 e. The average molecular weight is 491 g/mol. The molecule has 0 aliphatic rings. The Balaban J connectivity index is 2.61. The number of amides is 4. The van der Waals surface area contributed by atoms with Crippen molar-refractivity contribution in [1.82, 2.24) is 26.3 Å². The monoisotopic (exact) mass is 490 g/mol. The van der Waals surface area contributed by atoms with Gasteiger partial charge in [0.1, 0.15) is 6.04 Å². The molecule has 35 heavy (non-hydrogen) atoms. The number of nitrogens with zero attached hydrogens (tertiary/aromatic N) is 1. The second-order valence-corrected chi connectivity index (χ2v) is 9.74.